The third-order valence-electron chi connectivity index (χ3n) is 3.45. The van der Waals surface area contributed by atoms with Crippen LogP contribution in [0.1, 0.15) is 17.3 Å². The Morgan fingerprint density at radius 1 is 1.16 bits per heavy atom. The van der Waals surface area contributed by atoms with E-state index in [0.717, 1.165) is 0 Å². The zero-order chi connectivity index (χ0) is 18.0. The lowest BCUT2D eigenvalue weighted by molar-refractivity contribution is 0.102. The summed E-state index contributed by atoms with van der Waals surface area (Å²) < 4.78 is 10.7. The minimum Gasteiger partial charge on any atom is -0.490 e. The van der Waals surface area contributed by atoms with Crippen LogP contribution in [-0.4, -0.2) is 12.5 Å². The second kappa shape index (κ2) is 7.17. The van der Waals surface area contributed by atoms with E-state index in [-0.39, 0.29) is 5.56 Å². The predicted molar refractivity (Wildman–Crippen MR) is 98.1 cm³/mol. The molecule has 0 radical (unpaired) electrons. The Morgan fingerprint density at radius 2 is 1.96 bits per heavy atom. The Labute approximate surface area is 153 Å². The molecule has 0 aliphatic carbocycles. The van der Waals surface area contributed by atoms with E-state index in [1.54, 1.807) is 30.3 Å². The summed E-state index contributed by atoms with van der Waals surface area (Å²) in [6, 6.07) is 11.3. The maximum absolute atomic E-state index is 12.4. The van der Waals surface area contributed by atoms with Crippen molar-refractivity contribution < 1.29 is 13.9 Å². The van der Waals surface area contributed by atoms with Crippen molar-refractivity contribution in [3.63, 3.8) is 0 Å². The molecule has 0 saturated carbocycles. The van der Waals surface area contributed by atoms with Gasteiger partial charge in [0.05, 0.1) is 16.7 Å². The predicted octanol–water partition coefficient (Wildman–Crippen LogP) is 4.75. The summed E-state index contributed by atoms with van der Waals surface area (Å²) in [6.07, 6.45) is 0. The number of ether oxygens (including phenoxy) is 1. The van der Waals surface area contributed by atoms with Gasteiger partial charge in [0, 0.05) is 11.1 Å². The van der Waals surface area contributed by atoms with Crippen LogP contribution < -0.4 is 15.7 Å². The molecule has 1 amide bonds. The number of carbonyl (C=O) groups excluding carboxylic acids is 1. The summed E-state index contributed by atoms with van der Waals surface area (Å²) in [4.78, 5) is 24.6. The zero-order valence-corrected chi connectivity index (χ0v) is 14.6. The van der Waals surface area contributed by atoms with Crippen molar-refractivity contribution >= 4 is 45.8 Å². The van der Waals surface area contributed by atoms with Gasteiger partial charge in [0.15, 0.2) is 11.3 Å². The molecule has 3 rings (SSSR count). The number of anilines is 1. The van der Waals surface area contributed by atoms with Gasteiger partial charge < -0.3 is 14.5 Å². The molecule has 0 unspecified atom stereocenters. The summed E-state index contributed by atoms with van der Waals surface area (Å²) >= 11 is 11.8. The molecule has 0 aliphatic heterocycles. The minimum absolute atomic E-state index is 0.118. The molecule has 128 valence electrons. The Kier molecular flexibility index (Phi) is 4.97. The lowest BCUT2D eigenvalue weighted by atomic mass is 10.1. The first-order valence-electron chi connectivity index (χ1n) is 7.45. The summed E-state index contributed by atoms with van der Waals surface area (Å²) in [7, 11) is 0. The lowest BCUT2D eigenvalue weighted by Gasteiger charge is -2.08. The van der Waals surface area contributed by atoms with Crippen LogP contribution in [0.15, 0.2) is 51.7 Å². The monoisotopic (exact) mass is 377 g/mol. The van der Waals surface area contributed by atoms with Gasteiger partial charge >= 0.3 is 5.63 Å². The van der Waals surface area contributed by atoms with Crippen LogP contribution in [0.25, 0.3) is 11.0 Å². The van der Waals surface area contributed by atoms with Crippen molar-refractivity contribution in [2.45, 2.75) is 6.92 Å². The van der Waals surface area contributed by atoms with Crippen LogP contribution in [0.4, 0.5) is 5.69 Å². The molecule has 7 heteroatoms. The van der Waals surface area contributed by atoms with E-state index in [1.165, 1.54) is 12.1 Å². The largest absolute Gasteiger partial charge is 0.490 e. The molecule has 25 heavy (non-hydrogen) atoms. The van der Waals surface area contributed by atoms with Gasteiger partial charge in [-0.25, -0.2) is 4.79 Å². The van der Waals surface area contributed by atoms with E-state index in [9.17, 15) is 9.59 Å². The number of amides is 1. The van der Waals surface area contributed by atoms with Crippen molar-refractivity contribution in [2.24, 2.45) is 0 Å². The van der Waals surface area contributed by atoms with Crippen molar-refractivity contribution in [3.8, 4) is 5.75 Å². The number of hydrogen-bond donors (Lipinski definition) is 1. The highest BCUT2D eigenvalue weighted by Crippen LogP contribution is 2.27. The second-order valence-electron chi connectivity index (χ2n) is 5.14. The zero-order valence-electron chi connectivity index (χ0n) is 13.1. The Morgan fingerprint density at radius 3 is 2.68 bits per heavy atom. The lowest BCUT2D eigenvalue weighted by Crippen LogP contribution is -2.20. The van der Waals surface area contributed by atoms with Gasteiger partial charge in [-0.3, -0.25) is 4.79 Å². The highest BCUT2D eigenvalue weighted by molar-refractivity contribution is 6.42. The quantitative estimate of drug-likeness (QED) is 0.666. The van der Waals surface area contributed by atoms with Crippen molar-refractivity contribution in [1.82, 2.24) is 0 Å². The highest BCUT2D eigenvalue weighted by Gasteiger charge is 2.16. The molecule has 0 bridgehead atoms. The number of para-hydroxylation sites is 1. The van der Waals surface area contributed by atoms with Gasteiger partial charge in [0.1, 0.15) is 5.56 Å². The third-order valence-corrected chi connectivity index (χ3v) is 4.18. The molecule has 5 nitrogen and oxygen atoms in total. The van der Waals surface area contributed by atoms with Gasteiger partial charge in [0.25, 0.3) is 5.91 Å². The summed E-state index contributed by atoms with van der Waals surface area (Å²) in [5.74, 6) is -0.149. The Balaban J connectivity index is 1.97. The van der Waals surface area contributed by atoms with E-state index >= 15 is 0 Å². The normalized spacial score (nSPS) is 10.7. The van der Waals surface area contributed by atoms with Gasteiger partial charge in [-0.15, -0.1) is 0 Å². The van der Waals surface area contributed by atoms with Crippen LogP contribution in [-0.2, 0) is 0 Å². The van der Waals surface area contributed by atoms with Crippen LogP contribution in [0.2, 0.25) is 10.0 Å². The molecule has 0 saturated heterocycles. The van der Waals surface area contributed by atoms with E-state index < -0.39 is 11.5 Å². The Bertz CT molecular complexity index is 1010. The second-order valence-corrected chi connectivity index (χ2v) is 5.95. The molecular formula is C18H13Cl2NO4. The maximum atomic E-state index is 12.4. The number of halogens is 2. The van der Waals surface area contributed by atoms with E-state index in [2.05, 4.69) is 5.32 Å². The van der Waals surface area contributed by atoms with Crippen LogP contribution in [0.5, 0.6) is 5.75 Å². The first-order chi connectivity index (χ1) is 12.0. The summed E-state index contributed by atoms with van der Waals surface area (Å²) in [6.45, 7) is 2.26. The fraction of sp³-hybridized carbons (Fsp3) is 0.111. The van der Waals surface area contributed by atoms with E-state index in [0.29, 0.717) is 39.1 Å². The molecule has 0 fully saturated rings. The topological polar surface area (TPSA) is 68.5 Å². The number of nitrogens with one attached hydrogen (secondary N) is 1. The van der Waals surface area contributed by atoms with Gasteiger partial charge in [-0.05, 0) is 37.3 Å². The number of carbonyl (C=O) groups is 1. The van der Waals surface area contributed by atoms with Crippen LogP contribution in [0, 0.1) is 0 Å². The summed E-state index contributed by atoms with van der Waals surface area (Å²) in [5.41, 5.74) is -0.146. The Hall–Kier alpha value is -2.50. The molecule has 1 heterocycles. The van der Waals surface area contributed by atoms with Gasteiger partial charge in [0.2, 0.25) is 0 Å². The molecular weight excluding hydrogens is 365 g/mol. The van der Waals surface area contributed by atoms with E-state index in [4.69, 9.17) is 32.4 Å². The molecule has 1 N–H and O–H groups in total. The average Bonchev–Trinajstić information content (AvgIpc) is 2.58. The van der Waals surface area contributed by atoms with E-state index in [1.807, 2.05) is 6.92 Å². The molecule has 0 atom stereocenters. The first kappa shape index (κ1) is 17.3. The fourth-order valence-electron chi connectivity index (χ4n) is 2.32. The minimum atomic E-state index is -0.753. The maximum Gasteiger partial charge on any atom is 0.349 e. The number of hydrogen-bond acceptors (Lipinski definition) is 4. The molecule has 0 spiro atoms. The van der Waals surface area contributed by atoms with Crippen LogP contribution >= 0.6 is 23.2 Å². The SMILES string of the molecule is CCOc1cccc2cc(C(=O)Nc3ccc(Cl)c(Cl)c3)c(=O)oc12. The standard InChI is InChI=1S/C18H13Cl2NO4/c1-2-24-15-5-3-4-10-8-12(18(23)25-16(10)15)17(22)21-11-6-7-13(19)14(20)9-11/h3-9H,2H2,1H3,(H,21,22). The summed E-state index contributed by atoms with van der Waals surface area (Å²) in [5, 5.41) is 3.85. The van der Waals surface area contributed by atoms with Gasteiger partial charge in [-0.1, -0.05) is 35.3 Å². The first-order valence-corrected chi connectivity index (χ1v) is 8.21. The number of fused-ring (bicyclic) bond motifs is 1. The van der Waals surface area contributed by atoms with Crippen molar-refractivity contribution in [1.29, 1.82) is 0 Å². The molecule has 2 aromatic carbocycles. The number of rotatable bonds is 4. The van der Waals surface area contributed by atoms with Crippen LogP contribution in [0.3, 0.4) is 0 Å². The smallest absolute Gasteiger partial charge is 0.349 e. The van der Waals surface area contributed by atoms with Crippen molar-refractivity contribution in [2.75, 3.05) is 11.9 Å². The third kappa shape index (κ3) is 3.62. The van der Waals surface area contributed by atoms with Gasteiger partial charge in [-0.2, -0.15) is 0 Å². The molecule has 3 aromatic rings. The molecule has 0 aliphatic rings. The number of benzene rings is 2. The molecule has 1 aromatic heterocycles. The van der Waals surface area contributed by atoms with Crippen molar-refractivity contribution in [3.05, 3.63) is 68.5 Å². The highest BCUT2D eigenvalue weighted by atomic mass is 35.5. The average molecular weight is 378 g/mol. The fourth-order valence-corrected chi connectivity index (χ4v) is 2.62.